The fourth-order valence-electron chi connectivity index (χ4n) is 1.68. The highest BCUT2D eigenvalue weighted by Gasteiger charge is 2.05. The van der Waals surface area contributed by atoms with Crippen LogP contribution in [0, 0.1) is 0 Å². The van der Waals surface area contributed by atoms with Crippen molar-refractivity contribution in [3.05, 3.63) is 35.4 Å². The van der Waals surface area contributed by atoms with Gasteiger partial charge in [-0.15, -0.1) is 0 Å². The standard InChI is InChI=1S/C16H24O5/c1-3-7-19-8-9-20-10-11-21-13-14-5-4-6-15(12-14)16(17)18-2/h4-6,12H,3,7-11,13H2,1-2H3. The van der Waals surface area contributed by atoms with Crippen LogP contribution in [0.4, 0.5) is 0 Å². The molecule has 1 rings (SSSR count). The quantitative estimate of drug-likeness (QED) is 0.464. The van der Waals surface area contributed by atoms with E-state index in [-0.39, 0.29) is 5.97 Å². The zero-order chi connectivity index (χ0) is 15.3. The lowest BCUT2D eigenvalue weighted by Crippen LogP contribution is -2.09. The second kappa shape index (κ2) is 11.3. The van der Waals surface area contributed by atoms with E-state index in [1.54, 1.807) is 12.1 Å². The minimum atomic E-state index is -0.340. The number of esters is 1. The molecule has 0 aliphatic rings. The van der Waals surface area contributed by atoms with E-state index in [9.17, 15) is 4.79 Å². The topological polar surface area (TPSA) is 54.0 Å². The van der Waals surface area contributed by atoms with Crippen molar-refractivity contribution in [2.75, 3.05) is 40.1 Å². The van der Waals surface area contributed by atoms with Gasteiger partial charge in [0.25, 0.3) is 0 Å². The smallest absolute Gasteiger partial charge is 0.337 e. The van der Waals surface area contributed by atoms with Crippen molar-refractivity contribution in [1.29, 1.82) is 0 Å². The van der Waals surface area contributed by atoms with E-state index < -0.39 is 0 Å². The molecule has 0 radical (unpaired) electrons. The molecule has 21 heavy (non-hydrogen) atoms. The van der Waals surface area contributed by atoms with Gasteiger partial charge < -0.3 is 18.9 Å². The molecule has 0 aromatic heterocycles. The summed E-state index contributed by atoms with van der Waals surface area (Å²) in [5.74, 6) is -0.340. The molecule has 5 heteroatoms. The van der Waals surface area contributed by atoms with Crippen LogP contribution in [0.2, 0.25) is 0 Å². The molecule has 0 saturated heterocycles. The van der Waals surface area contributed by atoms with Gasteiger partial charge in [-0.05, 0) is 24.1 Å². The summed E-state index contributed by atoms with van der Waals surface area (Å²) in [6.07, 6.45) is 1.02. The monoisotopic (exact) mass is 296 g/mol. The van der Waals surface area contributed by atoms with Gasteiger partial charge in [0.1, 0.15) is 0 Å². The molecule has 0 amide bonds. The van der Waals surface area contributed by atoms with Gasteiger partial charge in [-0.1, -0.05) is 19.1 Å². The van der Waals surface area contributed by atoms with Crippen LogP contribution in [0.15, 0.2) is 24.3 Å². The highest BCUT2D eigenvalue weighted by molar-refractivity contribution is 5.89. The van der Waals surface area contributed by atoms with Crippen LogP contribution in [-0.2, 0) is 25.6 Å². The van der Waals surface area contributed by atoms with Crippen molar-refractivity contribution in [1.82, 2.24) is 0 Å². The third kappa shape index (κ3) is 7.80. The number of rotatable bonds is 11. The Bertz CT molecular complexity index is 405. The molecule has 0 saturated carbocycles. The summed E-state index contributed by atoms with van der Waals surface area (Å²) in [6, 6.07) is 7.21. The average Bonchev–Trinajstić information content (AvgIpc) is 2.53. The molecule has 0 fully saturated rings. The van der Waals surface area contributed by atoms with Gasteiger partial charge in [-0.2, -0.15) is 0 Å². The van der Waals surface area contributed by atoms with E-state index in [0.717, 1.165) is 18.6 Å². The number of hydrogen-bond acceptors (Lipinski definition) is 5. The summed E-state index contributed by atoms with van der Waals surface area (Å²) in [5.41, 5.74) is 1.46. The van der Waals surface area contributed by atoms with Crippen LogP contribution < -0.4 is 0 Å². The molecule has 0 N–H and O–H groups in total. The van der Waals surface area contributed by atoms with Gasteiger partial charge in [-0.25, -0.2) is 4.79 Å². The number of carbonyl (C=O) groups is 1. The van der Waals surface area contributed by atoms with Gasteiger partial charge >= 0.3 is 5.97 Å². The lowest BCUT2D eigenvalue weighted by atomic mass is 10.1. The molecule has 0 aliphatic carbocycles. The van der Waals surface area contributed by atoms with Crippen molar-refractivity contribution in [2.24, 2.45) is 0 Å². The maximum absolute atomic E-state index is 11.4. The van der Waals surface area contributed by atoms with Crippen LogP contribution in [0.25, 0.3) is 0 Å². The predicted molar refractivity (Wildman–Crippen MR) is 79.4 cm³/mol. The zero-order valence-electron chi connectivity index (χ0n) is 12.8. The molecule has 0 unspecified atom stereocenters. The summed E-state index contributed by atoms with van der Waals surface area (Å²) >= 11 is 0. The maximum Gasteiger partial charge on any atom is 0.337 e. The average molecular weight is 296 g/mol. The van der Waals surface area contributed by atoms with Crippen molar-refractivity contribution in [3.8, 4) is 0 Å². The van der Waals surface area contributed by atoms with Crippen molar-refractivity contribution < 1.29 is 23.7 Å². The summed E-state index contributed by atoms with van der Waals surface area (Å²) in [5, 5.41) is 0. The van der Waals surface area contributed by atoms with Crippen LogP contribution in [0.5, 0.6) is 0 Å². The van der Waals surface area contributed by atoms with Crippen molar-refractivity contribution >= 4 is 5.97 Å². The van der Waals surface area contributed by atoms with Crippen LogP contribution in [0.3, 0.4) is 0 Å². The Hall–Kier alpha value is -1.43. The first-order chi connectivity index (χ1) is 10.3. The number of methoxy groups -OCH3 is 1. The van der Waals surface area contributed by atoms with E-state index in [1.165, 1.54) is 7.11 Å². The number of benzene rings is 1. The Morgan fingerprint density at radius 1 is 1.00 bits per heavy atom. The molecule has 1 aromatic rings. The van der Waals surface area contributed by atoms with Crippen molar-refractivity contribution in [3.63, 3.8) is 0 Å². The SMILES string of the molecule is CCCOCCOCCOCc1cccc(C(=O)OC)c1. The summed E-state index contributed by atoms with van der Waals surface area (Å²) < 4.78 is 20.8. The van der Waals surface area contributed by atoms with E-state index in [0.29, 0.717) is 38.6 Å². The minimum absolute atomic E-state index is 0.340. The van der Waals surface area contributed by atoms with Gasteiger partial charge in [0, 0.05) is 6.61 Å². The number of ether oxygens (including phenoxy) is 4. The second-order valence-corrected chi connectivity index (χ2v) is 4.47. The number of carbonyl (C=O) groups excluding carboxylic acids is 1. The first-order valence-corrected chi connectivity index (χ1v) is 7.18. The van der Waals surface area contributed by atoms with Gasteiger partial charge in [-0.3, -0.25) is 0 Å². The molecule has 0 spiro atoms. The van der Waals surface area contributed by atoms with Crippen LogP contribution in [0.1, 0.15) is 29.3 Å². The van der Waals surface area contributed by atoms with Gasteiger partial charge in [0.2, 0.25) is 0 Å². The highest BCUT2D eigenvalue weighted by atomic mass is 16.5. The fraction of sp³-hybridized carbons (Fsp3) is 0.562. The van der Waals surface area contributed by atoms with Gasteiger partial charge in [0.15, 0.2) is 0 Å². The fourth-order valence-corrected chi connectivity index (χ4v) is 1.68. The number of hydrogen-bond donors (Lipinski definition) is 0. The normalized spacial score (nSPS) is 10.6. The lowest BCUT2D eigenvalue weighted by molar-refractivity contribution is 0.0107. The van der Waals surface area contributed by atoms with Crippen LogP contribution in [-0.4, -0.2) is 46.1 Å². The summed E-state index contributed by atoms with van der Waals surface area (Å²) in [7, 11) is 1.37. The van der Waals surface area contributed by atoms with Crippen LogP contribution >= 0.6 is 0 Å². The summed E-state index contributed by atoms with van der Waals surface area (Å²) in [4.78, 5) is 11.4. The van der Waals surface area contributed by atoms with E-state index in [1.807, 2.05) is 12.1 Å². The third-order valence-electron chi connectivity index (χ3n) is 2.71. The largest absolute Gasteiger partial charge is 0.465 e. The summed E-state index contributed by atoms with van der Waals surface area (Å²) in [6.45, 7) is 5.54. The zero-order valence-corrected chi connectivity index (χ0v) is 12.8. The molecule has 118 valence electrons. The first-order valence-electron chi connectivity index (χ1n) is 7.18. The molecule has 0 atom stereocenters. The Morgan fingerprint density at radius 3 is 2.33 bits per heavy atom. The Balaban J connectivity index is 2.11. The molecule has 0 bridgehead atoms. The molecular weight excluding hydrogens is 272 g/mol. The minimum Gasteiger partial charge on any atom is -0.465 e. The van der Waals surface area contributed by atoms with E-state index in [2.05, 4.69) is 11.7 Å². The predicted octanol–water partition coefficient (Wildman–Crippen LogP) is 2.43. The van der Waals surface area contributed by atoms with Gasteiger partial charge in [0.05, 0.1) is 45.7 Å². The Labute approximate surface area is 126 Å². The molecular formula is C16H24O5. The third-order valence-corrected chi connectivity index (χ3v) is 2.71. The highest BCUT2D eigenvalue weighted by Crippen LogP contribution is 2.07. The lowest BCUT2D eigenvalue weighted by Gasteiger charge is -2.07. The maximum atomic E-state index is 11.4. The molecule has 0 heterocycles. The molecule has 1 aromatic carbocycles. The Kier molecular flexibility index (Phi) is 9.44. The van der Waals surface area contributed by atoms with Crippen molar-refractivity contribution in [2.45, 2.75) is 20.0 Å². The second-order valence-electron chi connectivity index (χ2n) is 4.47. The van der Waals surface area contributed by atoms with E-state index in [4.69, 9.17) is 14.2 Å². The molecule has 5 nitrogen and oxygen atoms in total. The van der Waals surface area contributed by atoms with E-state index >= 15 is 0 Å². The Morgan fingerprint density at radius 2 is 1.67 bits per heavy atom. The first kappa shape index (κ1) is 17.6. The molecule has 0 aliphatic heterocycles.